The van der Waals surface area contributed by atoms with Crippen LogP contribution in [0.4, 0.5) is 5.69 Å². The fourth-order valence-electron chi connectivity index (χ4n) is 8.14. The van der Waals surface area contributed by atoms with E-state index in [0.29, 0.717) is 36.9 Å². The summed E-state index contributed by atoms with van der Waals surface area (Å²) < 4.78 is 7.45. The first kappa shape index (κ1) is 14.4. The standard InChI is InChI=1S/C22H25N2O2/c1-24-8-7-22-15-4-2-3-5-16(15)23-19(25)11-17-20(21(22)23)14(10-18(22)24)13(12-24)6-9-26-17/h2-6,14,17-18,20-21H,7-12H2,1H3/q+1/t14-,17+,18+,20+,21-,22-,24?/m1/s1. The highest BCUT2D eigenvalue weighted by Gasteiger charge is 2.75. The number of ether oxygens (including phenoxy) is 1. The highest BCUT2D eigenvalue weighted by Crippen LogP contribution is 2.67. The molecule has 6 aliphatic rings. The van der Waals surface area contributed by atoms with E-state index in [2.05, 4.69) is 42.3 Å². The molecule has 0 radical (unpaired) electrons. The Hall–Kier alpha value is -1.65. The van der Waals surface area contributed by atoms with Gasteiger partial charge in [-0.2, -0.15) is 0 Å². The number of rotatable bonds is 0. The van der Waals surface area contributed by atoms with Crippen LogP contribution in [0.25, 0.3) is 0 Å². The molecule has 4 fully saturated rings. The van der Waals surface area contributed by atoms with Crippen LogP contribution >= 0.6 is 0 Å². The molecule has 5 aliphatic heterocycles. The van der Waals surface area contributed by atoms with Crippen molar-refractivity contribution in [2.75, 3.05) is 31.6 Å². The smallest absolute Gasteiger partial charge is 0.229 e. The molecule has 1 amide bonds. The summed E-state index contributed by atoms with van der Waals surface area (Å²) in [6.07, 6.45) is 5.51. The Morgan fingerprint density at radius 2 is 2.19 bits per heavy atom. The minimum atomic E-state index is 0.104. The van der Waals surface area contributed by atoms with Gasteiger partial charge >= 0.3 is 0 Å². The van der Waals surface area contributed by atoms with Crippen LogP contribution in [0.5, 0.6) is 0 Å². The van der Waals surface area contributed by atoms with Crippen molar-refractivity contribution in [3.8, 4) is 0 Å². The van der Waals surface area contributed by atoms with Gasteiger partial charge in [-0.05, 0) is 23.1 Å². The number of amides is 1. The van der Waals surface area contributed by atoms with Crippen LogP contribution in [0.3, 0.4) is 0 Å². The number of likely N-dealkylation sites (N-methyl/N-ethyl adjacent to an activating group) is 1. The SMILES string of the molecule is C[N+]12CC[C@@]34c5ccccc5N5C(=O)C[C@@H]6OCC=C(C1)[C@@H](C[C@@H]32)[C@@H]6[C@@H]54. The lowest BCUT2D eigenvalue weighted by Crippen LogP contribution is -2.72. The predicted octanol–water partition coefficient (Wildman–Crippen LogP) is 2.24. The first-order chi connectivity index (χ1) is 12.6. The lowest BCUT2D eigenvalue weighted by Gasteiger charge is -2.59. The minimum Gasteiger partial charge on any atom is -0.373 e. The molecule has 0 N–H and O–H groups in total. The number of para-hydroxylation sites is 1. The van der Waals surface area contributed by atoms with Crippen molar-refractivity contribution >= 4 is 11.6 Å². The van der Waals surface area contributed by atoms with Crippen molar-refractivity contribution in [1.29, 1.82) is 0 Å². The molecule has 1 unspecified atom stereocenters. The molecule has 26 heavy (non-hydrogen) atoms. The number of hydrogen-bond donors (Lipinski definition) is 0. The number of carbonyl (C=O) groups is 1. The molecule has 4 nitrogen and oxygen atoms in total. The molecule has 1 spiro atoms. The Balaban J connectivity index is 1.56. The zero-order chi connectivity index (χ0) is 17.3. The minimum absolute atomic E-state index is 0.104. The molecular formula is C22H25N2O2+. The van der Waals surface area contributed by atoms with E-state index in [1.807, 2.05) is 0 Å². The second kappa shape index (κ2) is 4.26. The first-order valence-corrected chi connectivity index (χ1v) is 10.2. The van der Waals surface area contributed by atoms with Crippen molar-refractivity contribution in [1.82, 2.24) is 0 Å². The Morgan fingerprint density at radius 1 is 1.31 bits per heavy atom. The summed E-state index contributed by atoms with van der Waals surface area (Å²) in [6, 6.07) is 9.76. The monoisotopic (exact) mass is 349 g/mol. The lowest BCUT2D eigenvalue weighted by molar-refractivity contribution is -0.925. The second-order valence-corrected chi connectivity index (χ2v) is 9.67. The summed E-state index contributed by atoms with van der Waals surface area (Å²) in [6.45, 7) is 3.12. The Kier molecular flexibility index (Phi) is 2.36. The number of nitrogens with zero attached hydrogens (tertiary/aromatic N) is 2. The molecule has 4 heteroatoms. The summed E-state index contributed by atoms with van der Waals surface area (Å²) in [5, 5.41) is 0. The van der Waals surface area contributed by atoms with Gasteiger partial charge in [0.15, 0.2) is 0 Å². The summed E-state index contributed by atoms with van der Waals surface area (Å²) in [5.74, 6) is 1.36. The number of carbonyl (C=O) groups excluding carboxylic acids is 1. The van der Waals surface area contributed by atoms with Gasteiger partial charge in [0, 0.05) is 24.4 Å². The van der Waals surface area contributed by atoms with Crippen LogP contribution in [0.15, 0.2) is 35.9 Å². The van der Waals surface area contributed by atoms with E-state index in [-0.39, 0.29) is 17.4 Å². The van der Waals surface area contributed by atoms with Crippen molar-refractivity contribution in [3.05, 3.63) is 41.5 Å². The van der Waals surface area contributed by atoms with Crippen molar-refractivity contribution < 1.29 is 14.0 Å². The fourth-order valence-corrected chi connectivity index (χ4v) is 8.14. The van der Waals surface area contributed by atoms with Gasteiger partial charge in [0.25, 0.3) is 0 Å². The molecule has 5 heterocycles. The maximum Gasteiger partial charge on any atom is 0.229 e. The third kappa shape index (κ3) is 1.34. The molecule has 1 aromatic rings. The quantitative estimate of drug-likeness (QED) is 0.531. The summed E-state index contributed by atoms with van der Waals surface area (Å²) in [4.78, 5) is 15.5. The molecule has 134 valence electrons. The number of benzene rings is 1. The zero-order valence-corrected chi connectivity index (χ0v) is 15.2. The molecule has 7 atom stereocenters. The summed E-state index contributed by atoms with van der Waals surface area (Å²) in [7, 11) is 2.47. The fraction of sp³-hybridized carbons (Fsp3) is 0.591. The van der Waals surface area contributed by atoms with Gasteiger partial charge in [-0.15, -0.1) is 0 Å². The van der Waals surface area contributed by atoms with Crippen molar-refractivity contribution in [3.63, 3.8) is 0 Å². The van der Waals surface area contributed by atoms with E-state index < -0.39 is 0 Å². The average Bonchev–Trinajstić information content (AvgIpc) is 3.05. The van der Waals surface area contributed by atoms with Gasteiger partial charge in [-0.25, -0.2) is 0 Å². The van der Waals surface area contributed by atoms with Crippen molar-refractivity contribution in [2.45, 2.75) is 42.9 Å². The first-order valence-electron chi connectivity index (χ1n) is 10.2. The number of anilines is 1. The van der Waals surface area contributed by atoms with E-state index in [1.54, 1.807) is 5.57 Å². The summed E-state index contributed by atoms with van der Waals surface area (Å²) in [5.41, 5.74) is 4.43. The van der Waals surface area contributed by atoms with Crippen LogP contribution in [0.1, 0.15) is 24.8 Å². The molecular weight excluding hydrogens is 324 g/mol. The largest absolute Gasteiger partial charge is 0.373 e. The zero-order valence-electron chi connectivity index (χ0n) is 15.2. The number of hydrogen-bond acceptors (Lipinski definition) is 2. The second-order valence-electron chi connectivity index (χ2n) is 9.67. The van der Waals surface area contributed by atoms with E-state index in [9.17, 15) is 4.79 Å². The van der Waals surface area contributed by atoms with E-state index >= 15 is 0 Å². The van der Waals surface area contributed by atoms with Crippen LogP contribution < -0.4 is 4.90 Å². The van der Waals surface area contributed by atoms with Gasteiger partial charge < -0.3 is 14.1 Å². The van der Waals surface area contributed by atoms with Crippen LogP contribution in [-0.4, -0.2) is 55.3 Å². The number of piperidine rings is 2. The normalized spacial score (nSPS) is 49.6. The van der Waals surface area contributed by atoms with E-state index in [0.717, 1.165) is 4.48 Å². The Bertz CT molecular complexity index is 894. The average molecular weight is 349 g/mol. The Morgan fingerprint density at radius 3 is 3.12 bits per heavy atom. The van der Waals surface area contributed by atoms with Gasteiger partial charge in [0.1, 0.15) is 12.6 Å². The van der Waals surface area contributed by atoms with Gasteiger partial charge in [-0.1, -0.05) is 24.3 Å². The Labute approximate surface area is 154 Å². The third-order valence-corrected chi connectivity index (χ3v) is 8.91. The third-order valence-electron chi connectivity index (χ3n) is 8.91. The maximum atomic E-state index is 13.3. The number of quaternary nitrogens is 1. The molecule has 1 aromatic carbocycles. The van der Waals surface area contributed by atoms with Gasteiger partial charge in [0.05, 0.1) is 44.2 Å². The highest BCUT2D eigenvalue weighted by atomic mass is 16.5. The van der Waals surface area contributed by atoms with Crippen LogP contribution in [0.2, 0.25) is 0 Å². The van der Waals surface area contributed by atoms with Crippen molar-refractivity contribution in [2.24, 2.45) is 11.8 Å². The highest BCUT2D eigenvalue weighted by molar-refractivity contribution is 5.99. The number of fused-ring (bicyclic) bond motifs is 2. The topological polar surface area (TPSA) is 29.5 Å². The van der Waals surface area contributed by atoms with Gasteiger partial charge in [0.2, 0.25) is 5.91 Å². The predicted molar refractivity (Wildman–Crippen MR) is 97.8 cm³/mol. The molecule has 1 aliphatic carbocycles. The molecule has 0 aromatic heterocycles. The molecule has 3 saturated heterocycles. The summed E-state index contributed by atoms with van der Waals surface area (Å²) >= 11 is 0. The van der Waals surface area contributed by atoms with Gasteiger partial charge in [-0.3, -0.25) is 4.79 Å². The molecule has 2 bridgehead atoms. The van der Waals surface area contributed by atoms with Crippen LogP contribution in [-0.2, 0) is 14.9 Å². The van der Waals surface area contributed by atoms with Crippen LogP contribution in [0, 0.1) is 11.8 Å². The molecule has 7 rings (SSSR count). The lowest BCUT2D eigenvalue weighted by atomic mass is 9.53. The van der Waals surface area contributed by atoms with E-state index in [4.69, 9.17) is 4.74 Å². The molecule has 1 saturated carbocycles. The maximum absolute atomic E-state index is 13.3. The van der Waals surface area contributed by atoms with E-state index in [1.165, 1.54) is 37.2 Å².